The number of ether oxygens (including phenoxy) is 1. The Labute approximate surface area is 88.4 Å². The second-order valence-electron chi connectivity index (χ2n) is 3.25. The van der Waals surface area contributed by atoms with Crippen LogP contribution in [0.1, 0.15) is 25.1 Å². The molecule has 3 nitrogen and oxygen atoms in total. The van der Waals surface area contributed by atoms with E-state index in [1.807, 2.05) is 19.9 Å². The Kier molecular flexibility index (Phi) is 3.50. The highest BCUT2D eigenvalue weighted by Gasteiger charge is 2.10. The topological polar surface area (TPSA) is 48.1 Å². The highest BCUT2D eigenvalue weighted by atomic mass is 32.1. The summed E-state index contributed by atoms with van der Waals surface area (Å²) in [5.74, 6) is 6.60. The van der Waals surface area contributed by atoms with E-state index >= 15 is 0 Å². The molecule has 0 aliphatic carbocycles. The third-order valence-corrected chi connectivity index (χ3v) is 2.59. The maximum absolute atomic E-state index is 5.88. The summed E-state index contributed by atoms with van der Waals surface area (Å²) in [6.45, 7) is 3.93. The lowest BCUT2D eigenvalue weighted by molar-refractivity contribution is 0.402. The largest absolute Gasteiger partial charge is 0.480 e. The van der Waals surface area contributed by atoms with Crippen molar-refractivity contribution in [3.05, 3.63) is 10.9 Å². The quantitative estimate of drug-likeness (QED) is 0.755. The van der Waals surface area contributed by atoms with Crippen LogP contribution < -0.4 is 10.5 Å². The molecular weight excluding hydrogens is 196 g/mol. The fraction of sp³-hybridized carbons (Fsp3) is 0.500. The molecule has 0 radical (unpaired) electrons. The van der Waals surface area contributed by atoms with E-state index in [9.17, 15) is 0 Å². The zero-order valence-electron chi connectivity index (χ0n) is 8.63. The summed E-state index contributed by atoms with van der Waals surface area (Å²) in [6.07, 6.45) is 0.829. The highest BCUT2D eigenvalue weighted by molar-refractivity contribution is 7.06. The number of aromatic nitrogens is 1. The fourth-order valence-corrected chi connectivity index (χ4v) is 1.27. The van der Waals surface area contributed by atoms with Gasteiger partial charge in [-0.2, -0.15) is 4.37 Å². The van der Waals surface area contributed by atoms with Crippen LogP contribution >= 0.6 is 11.5 Å². The molecule has 1 rings (SSSR count). The van der Waals surface area contributed by atoms with Crippen molar-refractivity contribution in [1.29, 1.82) is 0 Å². The molecule has 1 aromatic heterocycles. The first-order valence-corrected chi connectivity index (χ1v) is 5.17. The molecular formula is C10H14N2OS. The number of rotatable bonds is 2. The number of hydrogen-bond acceptors (Lipinski definition) is 4. The molecule has 14 heavy (non-hydrogen) atoms. The minimum atomic E-state index is -0.419. The SMILES string of the molecule is CCC(C)(N)C#Cc1cc(OC)ns1. The molecule has 0 bridgehead atoms. The lowest BCUT2D eigenvalue weighted by atomic mass is 10.0. The maximum Gasteiger partial charge on any atom is 0.226 e. The number of nitrogens with zero attached hydrogens (tertiary/aromatic N) is 1. The maximum atomic E-state index is 5.88. The van der Waals surface area contributed by atoms with Crippen molar-refractivity contribution in [3.63, 3.8) is 0 Å². The summed E-state index contributed by atoms with van der Waals surface area (Å²) in [5, 5.41) is 0. The van der Waals surface area contributed by atoms with E-state index in [0.29, 0.717) is 5.88 Å². The van der Waals surface area contributed by atoms with Gasteiger partial charge in [0.05, 0.1) is 12.6 Å². The van der Waals surface area contributed by atoms with E-state index in [2.05, 4.69) is 16.2 Å². The van der Waals surface area contributed by atoms with Crippen LogP contribution in [0.5, 0.6) is 5.88 Å². The van der Waals surface area contributed by atoms with Gasteiger partial charge in [0.2, 0.25) is 5.88 Å². The minimum absolute atomic E-state index is 0.419. The van der Waals surface area contributed by atoms with E-state index in [0.717, 1.165) is 11.3 Å². The van der Waals surface area contributed by atoms with Gasteiger partial charge >= 0.3 is 0 Å². The van der Waals surface area contributed by atoms with Crippen molar-refractivity contribution in [2.45, 2.75) is 25.8 Å². The van der Waals surface area contributed by atoms with Gasteiger partial charge in [-0.1, -0.05) is 18.8 Å². The van der Waals surface area contributed by atoms with Crippen LogP contribution in [0.15, 0.2) is 6.07 Å². The van der Waals surface area contributed by atoms with E-state index in [-0.39, 0.29) is 0 Å². The second-order valence-corrected chi connectivity index (χ2v) is 4.06. The molecule has 1 atom stereocenters. The fourth-order valence-electron chi connectivity index (χ4n) is 0.707. The molecule has 1 unspecified atom stereocenters. The standard InChI is InChI=1S/C10H14N2OS/c1-4-10(2,11)6-5-8-7-9(13-3)12-14-8/h7H,4,11H2,1-3H3. The zero-order chi connectivity index (χ0) is 10.6. The summed E-state index contributed by atoms with van der Waals surface area (Å²) in [6, 6.07) is 1.81. The van der Waals surface area contributed by atoms with Crippen molar-refractivity contribution in [1.82, 2.24) is 4.37 Å². The van der Waals surface area contributed by atoms with Crippen LogP contribution in [-0.2, 0) is 0 Å². The number of methoxy groups -OCH3 is 1. The van der Waals surface area contributed by atoms with Gasteiger partial charge in [0.25, 0.3) is 0 Å². The Morgan fingerprint density at radius 1 is 1.71 bits per heavy atom. The average molecular weight is 210 g/mol. The van der Waals surface area contributed by atoms with Gasteiger partial charge in [-0.05, 0) is 24.9 Å². The van der Waals surface area contributed by atoms with Crippen LogP contribution in [0, 0.1) is 11.8 Å². The van der Waals surface area contributed by atoms with Crippen LogP contribution in [0.4, 0.5) is 0 Å². The lowest BCUT2D eigenvalue weighted by Gasteiger charge is -2.12. The Bertz CT molecular complexity index is 360. The Morgan fingerprint density at radius 3 is 2.93 bits per heavy atom. The summed E-state index contributed by atoms with van der Waals surface area (Å²) in [7, 11) is 1.59. The molecule has 0 spiro atoms. The van der Waals surface area contributed by atoms with Gasteiger partial charge in [-0.15, -0.1) is 0 Å². The van der Waals surface area contributed by atoms with Crippen LogP contribution in [0.3, 0.4) is 0 Å². The van der Waals surface area contributed by atoms with Crippen molar-refractivity contribution >= 4 is 11.5 Å². The van der Waals surface area contributed by atoms with Gasteiger partial charge in [-0.25, -0.2) is 0 Å². The monoisotopic (exact) mass is 210 g/mol. The van der Waals surface area contributed by atoms with Crippen molar-refractivity contribution in [3.8, 4) is 17.7 Å². The summed E-state index contributed by atoms with van der Waals surface area (Å²) < 4.78 is 8.99. The van der Waals surface area contributed by atoms with E-state index < -0.39 is 5.54 Å². The van der Waals surface area contributed by atoms with E-state index in [1.54, 1.807) is 7.11 Å². The molecule has 0 amide bonds. The molecule has 0 aliphatic heterocycles. The normalized spacial score (nSPS) is 14.0. The highest BCUT2D eigenvalue weighted by Crippen LogP contribution is 2.15. The predicted octanol–water partition coefficient (Wildman–Crippen LogP) is 1.63. The molecule has 2 N–H and O–H groups in total. The van der Waals surface area contributed by atoms with Crippen LogP contribution in [-0.4, -0.2) is 17.0 Å². The molecule has 4 heteroatoms. The summed E-state index contributed by atoms with van der Waals surface area (Å²) in [4.78, 5) is 0.881. The zero-order valence-corrected chi connectivity index (χ0v) is 9.44. The number of nitrogens with two attached hydrogens (primary N) is 1. The van der Waals surface area contributed by atoms with Gasteiger partial charge in [0.15, 0.2) is 0 Å². The number of hydrogen-bond donors (Lipinski definition) is 1. The predicted molar refractivity (Wildman–Crippen MR) is 58.4 cm³/mol. The third-order valence-electron chi connectivity index (χ3n) is 1.90. The van der Waals surface area contributed by atoms with E-state index in [1.165, 1.54) is 11.5 Å². The van der Waals surface area contributed by atoms with Crippen molar-refractivity contribution < 1.29 is 4.74 Å². The summed E-state index contributed by atoms with van der Waals surface area (Å²) in [5.41, 5.74) is 5.46. The van der Waals surface area contributed by atoms with Gasteiger partial charge in [0, 0.05) is 6.07 Å². The molecule has 1 heterocycles. The van der Waals surface area contributed by atoms with Gasteiger partial charge in [-0.3, -0.25) is 0 Å². The molecule has 0 saturated carbocycles. The first kappa shape index (κ1) is 11.0. The van der Waals surface area contributed by atoms with Crippen molar-refractivity contribution in [2.75, 3.05) is 7.11 Å². The third kappa shape index (κ3) is 3.02. The smallest absolute Gasteiger partial charge is 0.226 e. The van der Waals surface area contributed by atoms with Crippen molar-refractivity contribution in [2.24, 2.45) is 5.73 Å². The summed E-state index contributed by atoms with van der Waals surface area (Å²) >= 11 is 1.32. The van der Waals surface area contributed by atoms with Crippen LogP contribution in [0.25, 0.3) is 0 Å². The molecule has 76 valence electrons. The first-order valence-electron chi connectivity index (χ1n) is 4.40. The van der Waals surface area contributed by atoms with Gasteiger partial charge in [0.1, 0.15) is 4.88 Å². The first-order chi connectivity index (χ1) is 6.57. The van der Waals surface area contributed by atoms with Gasteiger partial charge < -0.3 is 10.5 Å². The molecule has 0 fully saturated rings. The Morgan fingerprint density at radius 2 is 2.43 bits per heavy atom. The molecule has 0 aliphatic rings. The second kappa shape index (κ2) is 4.45. The Hall–Kier alpha value is -1.05. The van der Waals surface area contributed by atoms with Crippen LogP contribution in [0.2, 0.25) is 0 Å². The molecule has 0 saturated heterocycles. The van der Waals surface area contributed by atoms with E-state index in [4.69, 9.17) is 10.5 Å². The average Bonchev–Trinajstić information content (AvgIpc) is 2.63. The molecule has 0 aromatic carbocycles. The minimum Gasteiger partial charge on any atom is -0.480 e. The lowest BCUT2D eigenvalue weighted by Crippen LogP contribution is -2.32. The Balaban J connectivity index is 2.77. The molecule has 1 aromatic rings.